The number of rotatable bonds is 10. The van der Waals surface area contributed by atoms with Crippen molar-refractivity contribution >= 4 is 34.1 Å². The van der Waals surface area contributed by atoms with Gasteiger partial charge >= 0.3 is 0 Å². The number of anilines is 1. The van der Waals surface area contributed by atoms with Crippen molar-refractivity contribution < 1.29 is 4.79 Å². The molecule has 0 aromatic carbocycles. The summed E-state index contributed by atoms with van der Waals surface area (Å²) in [6.45, 7) is 10.0. The quantitative estimate of drug-likeness (QED) is 0.437. The van der Waals surface area contributed by atoms with Crippen molar-refractivity contribution in [1.82, 2.24) is 15.5 Å². The fraction of sp³-hybridized carbons (Fsp3) is 0.842. The first kappa shape index (κ1) is 21.5. The van der Waals surface area contributed by atoms with Crippen molar-refractivity contribution in [3.05, 3.63) is 0 Å². The smallest absolute Gasteiger partial charge is 0.230 e. The van der Waals surface area contributed by atoms with Crippen LogP contribution in [-0.2, 0) is 4.79 Å². The predicted molar refractivity (Wildman–Crippen MR) is 112 cm³/mol. The highest BCUT2D eigenvalue weighted by Gasteiger charge is 2.28. The zero-order valence-corrected chi connectivity index (χ0v) is 18.2. The van der Waals surface area contributed by atoms with Crippen LogP contribution in [0.1, 0.15) is 66.2 Å². The van der Waals surface area contributed by atoms with Crippen LogP contribution in [0.3, 0.4) is 0 Å². The van der Waals surface area contributed by atoms with Gasteiger partial charge in [-0.1, -0.05) is 70.1 Å². The van der Waals surface area contributed by atoms with E-state index in [1.165, 1.54) is 48.8 Å². The molecule has 1 saturated carbocycles. The van der Waals surface area contributed by atoms with Crippen LogP contribution in [0.4, 0.5) is 5.13 Å². The fourth-order valence-electron chi connectivity index (χ4n) is 3.35. The molecule has 26 heavy (non-hydrogen) atoms. The standard InChI is InChI=1S/C19H34N4OS2/c1-5-13(2)8-7-11-20-18-22-23-19(26-18)25-12-17(24)21-16-10-6-9-14(3)15(16)4/h13-16H,5-12H2,1-4H3,(H,20,22)(H,21,24)/t13-,14+,15+,16-/m1/s1. The molecule has 1 heterocycles. The highest BCUT2D eigenvalue weighted by atomic mass is 32.2. The average Bonchev–Trinajstić information content (AvgIpc) is 3.08. The van der Waals surface area contributed by atoms with Gasteiger partial charge in [-0.2, -0.15) is 0 Å². The maximum atomic E-state index is 12.3. The maximum absolute atomic E-state index is 12.3. The monoisotopic (exact) mass is 398 g/mol. The third-order valence-corrected chi connectivity index (χ3v) is 7.65. The van der Waals surface area contributed by atoms with Crippen molar-refractivity contribution in [2.45, 2.75) is 76.6 Å². The van der Waals surface area contributed by atoms with Gasteiger partial charge in [0.15, 0.2) is 4.34 Å². The van der Waals surface area contributed by atoms with Gasteiger partial charge in [0.1, 0.15) is 0 Å². The van der Waals surface area contributed by atoms with Gasteiger partial charge in [-0.05, 0) is 37.0 Å². The molecule has 0 spiro atoms. The van der Waals surface area contributed by atoms with Crippen LogP contribution in [0, 0.1) is 17.8 Å². The summed E-state index contributed by atoms with van der Waals surface area (Å²) < 4.78 is 0.856. The Morgan fingerprint density at radius 2 is 2.15 bits per heavy atom. The van der Waals surface area contributed by atoms with Crippen LogP contribution in [0.5, 0.6) is 0 Å². The topological polar surface area (TPSA) is 66.9 Å². The van der Waals surface area contributed by atoms with E-state index in [0.29, 0.717) is 23.6 Å². The molecule has 148 valence electrons. The molecule has 2 N–H and O–H groups in total. The molecule has 1 aliphatic carbocycles. The summed E-state index contributed by atoms with van der Waals surface area (Å²) in [5.41, 5.74) is 0. The second kappa shape index (κ2) is 11.1. The van der Waals surface area contributed by atoms with E-state index in [9.17, 15) is 4.79 Å². The Bertz CT molecular complexity index is 551. The van der Waals surface area contributed by atoms with E-state index in [1.807, 2.05) is 0 Å². The lowest BCUT2D eigenvalue weighted by molar-refractivity contribution is -0.119. The van der Waals surface area contributed by atoms with E-state index in [2.05, 4.69) is 48.5 Å². The molecule has 0 aliphatic heterocycles. The maximum Gasteiger partial charge on any atom is 0.230 e. The predicted octanol–water partition coefficient (Wildman–Crippen LogP) is 4.81. The average molecular weight is 399 g/mol. The molecule has 0 bridgehead atoms. The van der Waals surface area contributed by atoms with Crippen molar-refractivity contribution in [2.24, 2.45) is 17.8 Å². The summed E-state index contributed by atoms with van der Waals surface area (Å²) in [6, 6.07) is 0.323. The number of aromatic nitrogens is 2. The molecule has 4 atom stereocenters. The van der Waals surface area contributed by atoms with Crippen LogP contribution < -0.4 is 10.6 Å². The zero-order chi connectivity index (χ0) is 18.9. The van der Waals surface area contributed by atoms with Crippen molar-refractivity contribution in [2.75, 3.05) is 17.6 Å². The number of nitrogens with one attached hydrogen (secondary N) is 2. The SMILES string of the molecule is CC[C@@H](C)CCCNc1nnc(SCC(=O)N[C@@H]2CCC[C@H](C)[C@@H]2C)s1. The molecule has 7 heteroatoms. The van der Waals surface area contributed by atoms with Gasteiger partial charge in [0.2, 0.25) is 11.0 Å². The first-order valence-electron chi connectivity index (χ1n) is 9.99. The summed E-state index contributed by atoms with van der Waals surface area (Å²) in [5, 5.41) is 15.8. The van der Waals surface area contributed by atoms with Gasteiger partial charge in [0, 0.05) is 12.6 Å². The number of nitrogens with zero attached hydrogens (tertiary/aromatic N) is 2. The Morgan fingerprint density at radius 1 is 1.35 bits per heavy atom. The molecule has 2 rings (SSSR count). The van der Waals surface area contributed by atoms with Crippen LogP contribution >= 0.6 is 23.1 Å². The molecule has 0 saturated heterocycles. The molecular weight excluding hydrogens is 364 g/mol. The van der Waals surface area contributed by atoms with Crippen LogP contribution in [0.15, 0.2) is 4.34 Å². The van der Waals surface area contributed by atoms with Gasteiger partial charge < -0.3 is 10.6 Å². The largest absolute Gasteiger partial charge is 0.360 e. The lowest BCUT2D eigenvalue weighted by Crippen LogP contribution is -2.44. The molecule has 1 aromatic rings. The summed E-state index contributed by atoms with van der Waals surface area (Å²) in [6.07, 6.45) is 7.22. The summed E-state index contributed by atoms with van der Waals surface area (Å²) in [7, 11) is 0. The Kier molecular flexibility index (Phi) is 9.19. The van der Waals surface area contributed by atoms with E-state index >= 15 is 0 Å². The molecule has 5 nitrogen and oxygen atoms in total. The second-order valence-corrected chi connectivity index (χ2v) is 9.89. The number of carbonyl (C=O) groups excluding carboxylic acids is 1. The molecule has 1 aromatic heterocycles. The molecule has 0 radical (unpaired) electrons. The minimum atomic E-state index is 0.110. The van der Waals surface area contributed by atoms with E-state index in [0.717, 1.165) is 34.8 Å². The summed E-state index contributed by atoms with van der Waals surface area (Å²) in [5.74, 6) is 2.56. The zero-order valence-electron chi connectivity index (χ0n) is 16.6. The molecule has 0 unspecified atom stereocenters. The normalized spacial score (nSPS) is 24.2. The number of carbonyl (C=O) groups is 1. The summed E-state index contributed by atoms with van der Waals surface area (Å²) in [4.78, 5) is 12.3. The number of hydrogen-bond donors (Lipinski definition) is 2. The van der Waals surface area contributed by atoms with Crippen LogP contribution in [-0.4, -0.2) is 34.4 Å². The Morgan fingerprint density at radius 3 is 2.92 bits per heavy atom. The molecule has 1 fully saturated rings. The molecule has 1 aliphatic rings. The van der Waals surface area contributed by atoms with Crippen molar-refractivity contribution in [3.8, 4) is 0 Å². The fourth-order valence-corrected chi connectivity index (χ4v) is 4.94. The van der Waals surface area contributed by atoms with E-state index in [1.54, 1.807) is 0 Å². The highest BCUT2D eigenvalue weighted by Crippen LogP contribution is 2.30. The Hall–Kier alpha value is -0.820. The van der Waals surface area contributed by atoms with Crippen molar-refractivity contribution in [1.29, 1.82) is 0 Å². The first-order chi connectivity index (χ1) is 12.5. The minimum Gasteiger partial charge on any atom is -0.360 e. The minimum absolute atomic E-state index is 0.110. The van der Waals surface area contributed by atoms with Crippen LogP contribution in [0.25, 0.3) is 0 Å². The molecule has 1 amide bonds. The van der Waals surface area contributed by atoms with E-state index < -0.39 is 0 Å². The van der Waals surface area contributed by atoms with Gasteiger partial charge in [-0.15, -0.1) is 10.2 Å². The van der Waals surface area contributed by atoms with Gasteiger partial charge in [0.25, 0.3) is 0 Å². The highest BCUT2D eigenvalue weighted by molar-refractivity contribution is 8.01. The first-order valence-corrected chi connectivity index (χ1v) is 11.8. The Balaban J connectivity index is 1.66. The Labute approximate surface area is 166 Å². The number of amides is 1. The third kappa shape index (κ3) is 7.06. The molecular formula is C19H34N4OS2. The van der Waals surface area contributed by atoms with Gasteiger partial charge in [0.05, 0.1) is 5.75 Å². The third-order valence-electron chi connectivity index (χ3n) is 5.63. The van der Waals surface area contributed by atoms with Crippen molar-refractivity contribution in [3.63, 3.8) is 0 Å². The lowest BCUT2D eigenvalue weighted by Gasteiger charge is -2.34. The second-order valence-electron chi connectivity index (χ2n) is 7.69. The summed E-state index contributed by atoms with van der Waals surface area (Å²) >= 11 is 3.02. The van der Waals surface area contributed by atoms with Gasteiger partial charge in [-0.25, -0.2) is 0 Å². The lowest BCUT2D eigenvalue weighted by atomic mass is 9.78. The van der Waals surface area contributed by atoms with Crippen LogP contribution in [0.2, 0.25) is 0 Å². The van der Waals surface area contributed by atoms with E-state index in [4.69, 9.17) is 0 Å². The number of thioether (sulfide) groups is 1. The van der Waals surface area contributed by atoms with Gasteiger partial charge in [-0.3, -0.25) is 4.79 Å². The van der Waals surface area contributed by atoms with E-state index in [-0.39, 0.29) is 5.91 Å². The number of hydrogen-bond acceptors (Lipinski definition) is 6.